The molecule has 0 heterocycles. The molecular formula is C23H21NO3. The maximum Gasteiger partial charge on any atom is 0.333 e. The summed E-state index contributed by atoms with van der Waals surface area (Å²) in [6.07, 6.45) is 0.191. The molecule has 4 heteroatoms. The summed E-state index contributed by atoms with van der Waals surface area (Å²) >= 11 is 0. The number of carbonyl (C=O) groups is 2. The molecular weight excluding hydrogens is 338 g/mol. The van der Waals surface area contributed by atoms with Gasteiger partial charge in [-0.15, -0.1) is 0 Å². The lowest BCUT2D eigenvalue weighted by atomic mass is 10.0. The van der Waals surface area contributed by atoms with E-state index in [1.807, 2.05) is 91.0 Å². The third-order valence-corrected chi connectivity index (χ3v) is 4.30. The molecule has 0 aliphatic heterocycles. The van der Waals surface area contributed by atoms with Crippen LogP contribution in [-0.2, 0) is 20.7 Å². The summed E-state index contributed by atoms with van der Waals surface area (Å²) in [5, 5.41) is 0. The van der Waals surface area contributed by atoms with Crippen molar-refractivity contribution < 1.29 is 14.3 Å². The van der Waals surface area contributed by atoms with Gasteiger partial charge in [0.1, 0.15) is 0 Å². The molecule has 0 aliphatic carbocycles. The van der Waals surface area contributed by atoms with Gasteiger partial charge >= 0.3 is 5.97 Å². The van der Waals surface area contributed by atoms with Gasteiger partial charge in [-0.1, -0.05) is 78.9 Å². The number of hydrogen-bond acceptors (Lipinski definition) is 3. The zero-order valence-electron chi connectivity index (χ0n) is 15.1. The number of nitrogens with zero attached hydrogens (tertiary/aromatic N) is 1. The number of amides is 1. The van der Waals surface area contributed by atoms with E-state index in [4.69, 9.17) is 4.74 Å². The molecule has 0 spiro atoms. The normalized spacial score (nSPS) is 11.4. The summed E-state index contributed by atoms with van der Waals surface area (Å²) < 4.78 is 5.04. The Balaban J connectivity index is 2.04. The number of para-hydroxylation sites is 1. The Morgan fingerprint density at radius 3 is 1.89 bits per heavy atom. The molecule has 0 radical (unpaired) electrons. The van der Waals surface area contributed by atoms with E-state index < -0.39 is 12.0 Å². The SMILES string of the molecule is COC(=O)[C@@H](c1ccccc1)N(C(=O)Cc1ccccc1)c1ccccc1. The molecule has 1 atom stereocenters. The summed E-state index contributed by atoms with van der Waals surface area (Å²) in [5.74, 6) is -0.655. The smallest absolute Gasteiger partial charge is 0.333 e. The lowest BCUT2D eigenvalue weighted by molar-refractivity contribution is -0.143. The average Bonchev–Trinajstić information content (AvgIpc) is 2.73. The van der Waals surface area contributed by atoms with E-state index in [9.17, 15) is 9.59 Å². The van der Waals surface area contributed by atoms with Crippen LogP contribution in [0.4, 0.5) is 5.69 Å². The topological polar surface area (TPSA) is 46.6 Å². The van der Waals surface area contributed by atoms with Gasteiger partial charge in [0.05, 0.1) is 13.5 Å². The largest absolute Gasteiger partial charge is 0.467 e. The Morgan fingerprint density at radius 2 is 1.33 bits per heavy atom. The van der Waals surface area contributed by atoms with Gasteiger partial charge in [0.25, 0.3) is 0 Å². The second kappa shape index (κ2) is 8.81. The zero-order chi connectivity index (χ0) is 19.1. The Labute approximate surface area is 159 Å². The molecule has 136 valence electrons. The van der Waals surface area contributed by atoms with Gasteiger partial charge in [-0.05, 0) is 23.3 Å². The van der Waals surface area contributed by atoms with Crippen LogP contribution in [0.1, 0.15) is 17.2 Å². The van der Waals surface area contributed by atoms with Gasteiger partial charge in [-0.3, -0.25) is 9.69 Å². The zero-order valence-corrected chi connectivity index (χ0v) is 15.1. The average molecular weight is 359 g/mol. The summed E-state index contributed by atoms with van der Waals surface area (Å²) in [7, 11) is 1.34. The van der Waals surface area contributed by atoms with Gasteiger partial charge in [-0.25, -0.2) is 4.79 Å². The first-order chi connectivity index (χ1) is 13.2. The van der Waals surface area contributed by atoms with Gasteiger partial charge < -0.3 is 4.74 Å². The molecule has 27 heavy (non-hydrogen) atoms. The first kappa shape index (κ1) is 18.4. The van der Waals surface area contributed by atoms with Crippen molar-refractivity contribution in [2.75, 3.05) is 12.0 Å². The maximum absolute atomic E-state index is 13.3. The minimum Gasteiger partial charge on any atom is -0.467 e. The van der Waals surface area contributed by atoms with Crippen LogP contribution in [0.25, 0.3) is 0 Å². The molecule has 4 nitrogen and oxygen atoms in total. The predicted octanol–water partition coefficient (Wildman–Crippen LogP) is 4.18. The number of carbonyl (C=O) groups excluding carboxylic acids is 2. The van der Waals surface area contributed by atoms with E-state index in [0.717, 1.165) is 5.56 Å². The monoisotopic (exact) mass is 359 g/mol. The van der Waals surface area contributed by atoms with E-state index in [0.29, 0.717) is 11.3 Å². The maximum atomic E-state index is 13.3. The van der Waals surface area contributed by atoms with E-state index in [1.165, 1.54) is 12.0 Å². The second-order valence-corrected chi connectivity index (χ2v) is 6.10. The van der Waals surface area contributed by atoms with Crippen molar-refractivity contribution in [2.45, 2.75) is 12.5 Å². The lowest BCUT2D eigenvalue weighted by Gasteiger charge is -2.30. The fourth-order valence-corrected chi connectivity index (χ4v) is 3.02. The highest BCUT2D eigenvalue weighted by Gasteiger charge is 2.33. The fraction of sp³-hybridized carbons (Fsp3) is 0.130. The number of anilines is 1. The molecule has 0 saturated carbocycles. The standard InChI is InChI=1S/C23H21NO3/c1-27-23(26)22(19-13-7-3-8-14-19)24(20-15-9-4-10-16-20)21(25)17-18-11-5-2-6-12-18/h2-16,22H,17H2,1H3/t22-/m1/s1. The Morgan fingerprint density at radius 1 is 0.815 bits per heavy atom. The molecule has 0 unspecified atom stereocenters. The lowest BCUT2D eigenvalue weighted by Crippen LogP contribution is -2.40. The highest BCUT2D eigenvalue weighted by molar-refractivity contribution is 6.00. The van der Waals surface area contributed by atoms with E-state index >= 15 is 0 Å². The Hall–Kier alpha value is -3.40. The fourth-order valence-electron chi connectivity index (χ4n) is 3.02. The molecule has 3 rings (SSSR count). The van der Waals surface area contributed by atoms with Crippen LogP contribution in [0.15, 0.2) is 91.0 Å². The second-order valence-electron chi connectivity index (χ2n) is 6.10. The van der Waals surface area contributed by atoms with Crippen LogP contribution in [0, 0.1) is 0 Å². The van der Waals surface area contributed by atoms with E-state index in [1.54, 1.807) is 0 Å². The number of esters is 1. The van der Waals surface area contributed by atoms with Crippen LogP contribution in [0.2, 0.25) is 0 Å². The van der Waals surface area contributed by atoms with Crippen LogP contribution >= 0.6 is 0 Å². The summed E-state index contributed by atoms with van der Waals surface area (Å²) in [4.78, 5) is 27.5. The van der Waals surface area contributed by atoms with Crippen LogP contribution < -0.4 is 4.90 Å². The third kappa shape index (κ3) is 4.42. The quantitative estimate of drug-likeness (QED) is 0.621. The third-order valence-electron chi connectivity index (χ3n) is 4.30. The Bertz CT molecular complexity index is 879. The predicted molar refractivity (Wildman–Crippen MR) is 105 cm³/mol. The van der Waals surface area contributed by atoms with Crippen molar-refractivity contribution >= 4 is 17.6 Å². The van der Waals surface area contributed by atoms with Gasteiger partial charge in [0.2, 0.25) is 5.91 Å². The van der Waals surface area contributed by atoms with Crippen LogP contribution in [0.3, 0.4) is 0 Å². The molecule has 3 aromatic rings. The molecule has 0 aliphatic rings. The van der Waals surface area contributed by atoms with Crippen molar-refractivity contribution in [1.82, 2.24) is 0 Å². The summed E-state index contributed by atoms with van der Waals surface area (Å²) in [6.45, 7) is 0. The minimum absolute atomic E-state index is 0.174. The van der Waals surface area contributed by atoms with E-state index in [2.05, 4.69) is 0 Å². The summed E-state index contributed by atoms with van der Waals surface area (Å²) in [6, 6.07) is 27.1. The van der Waals surface area contributed by atoms with Crippen LogP contribution in [-0.4, -0.2) is 19.0 Å². The number of methoxy groups -OCH3 is 1. The number of ether oxygens (including phenoxy) is 1. The first-order valence-electron chi connectivity index (χ1n) is 8.74. The van der Waals surface area contributed by atoms with Crippen molar-refractivity contribution in [3.63, 3.8) is 0 Å². The van der Waals surface area contributed by atoms with Crippen molar-refractivity contribution in [1.29, 1.82) is 0 Å². The molecule has 0 aromatic heterocycles. The number of hydrogen-bond donors (Lipinski definition) is 0. The van der Waals surface area contributed by atoms with Gasteiger partial charge in [0, 0.05) is 5.69 Å². The molecule has 0 saturated heterocycles. The summed E-state index contributed by atoms with van der Waals surface area (Å²) in [5.41, 5.74) is 2.24. The van der Waals surface area contributed by atoms with Crippen molar-refractivity contribution in [3.05, 3.63) is 102 Å². The van der Waals surface area contributed by atoms with Crippen molar-refractivity contribution in [3.8, 4) is 0 Å². The Kier molecular flexibility index (Phi) is 6.00. The van der Waals surface area contributed by atoms with Crippen LogP contribution in [0.5, 0.6) is 0 Å². The molecule has 0 N–H and O–H groups in total. The molecule has 0 fully saturated rings. The highest BCUT2D eigenvalue weighted by Crippen LogP contribution is 2.29. The first-order valence-corrected chi connectivity index (χ1v) is 8.74. The highest BCUT2D eigenvalue weighted by atomic mass is 16.5. The minimum atomic E-state index is -0.852. The van der Waals surface area contributed by atoms with Gasteiger partial charge in [0.15, 0.2) is 6.04 Å². The van der Waals surface area contributed by atoms with E-state index in [-0.39, 0.29) is 12.3 Å². The molecule has 3 aromatic carbocycles. The number of benzene rings is 3. The van der Waals surface area contributed by atoms with Crippen molar-refractivity contribution in [2.24, 2.45) is 0 Å². The number of rotatable bonds is 6. The van der Waals surface area contributed by atoms with Gasteiger partial charge in [-0.2, -0.15) is 0 Å². The molecule has 0 bridgehead atoms. The molecule has 1 amide bonds.